The van der Waals surface area contributed by atoms with Crippen molar-refractivity contribution in [3.63, 3.8) is 0 Å². The molecule has 0 bridgehead atoms. The Bertz CT molecular complexity index is 1960. The van der Waals surface area contributed by atoms with Gasteiger partial charge in [0.25, 0.3) is 11.5 Å². The largest absolute Gasteiger partial charge is 0.496 e. The van der Waals surface area contributed by atoms with E-state index in [9.17, 15) is 19.2 Å². The average Bonchev–Trinajstić information content (AvgIpc) is 3.43. The number of carbonyl (C=O) groups is 2. The monoisotopic (exact) mass is 626 g/mol. The normalized spacial score (nSPS) is 14.6. The Hall–Kier alpha value is -4.83. The van der Waals surface area contributed by atoms with E-state index in [4.69, 9.17) is 4.74 Å². The van der Waals surface area contributed by atoms with E-state index in [2.05, 4.69) is 5.32 Å². The SMILES string of the molecule is COc1cc(-c2cccc(-c3cccc(NC(=O)c4cn(C)c(=O)n(C)c4=O)c3C)c2C)cc(F)c1CN(C)C[C@@H]1CCC(=O)C1. The maximum Gasteiger partial charge on any atom is 0.330 e. The van der Waals surface area contributed by atoms with Gasteiger partial charge in [-0.1, -0.05) is 30.3 Å². The summed E-state index contributed by atoms with van der Waals surface area (Å²) in [5.41, 5.74) is 4.62. The Kier molecular flexibility index (Phi) is 9.39. The van der Waals surface area contributed by atoms with Crippen molar-refractivity contribution in [1.29, 1.82) is 0 Å². The molecule has 240 valence electrons. The summed E-state index contributed by atoms with van der Waals surface area (Å²) < 4.78 is 23.5. The van der Waals surface area contributed by atoms with Crippen LogP contribution in [-0.4, -0.2) is 46.4 Å². The Balaban J connectivity index is 1.44. The van der Waals surface area contributed by atoms with Crippen LogP contribution in [0.15, 0.2) is 64.3 Å². The number of anilines is 1. The third-order valence-electron chi connectivity index (χ3n) is 8.93. The number of amides is 1. The van der Waals surface area contributed by atoms with Crippen LogP contribution in [0.2, 0.25) is 0 Å². The van der Waals surface area contributed by atoms with Crippen molar-refractivity contribution in [3.8, 4) is 28.0 Å². The van der Waals surface area contributed by atoms with Crippen molar-refractivity contribution < 1.29 is 18.7 Å². The van der Waals surface area contributed by atoms with Gasteiger partial charge in [-0.3, -0.25) is 19.0 Å². The number of benzene rings is 3. The van der Waals surface area contributed by atoms with Gasteiger partial charge in [0.2, 0.25) is 0 Å². The fourth-order valence-electron chi connectivity index (χ4n) is 6.38. The number of hydrogen-bond donors (Lipinski definition) is 1. The molecular weight excluding hydrogens is 587 g/mol. The zero-order chi connectivity index (χ0) is 33.3. The number of ketones is 1. The fraction of sp³-hybridized carbons (Fsp3) is 0.333. The molecular formula is C36H39FN4O5. The Morgan fingerprint density at radius 2 is 1.70 bits per heavy atom. The van der Waals surface area contributed by atoms with Gasteiger partial charge in [-0.15, -0.1) is 0 Å². The van der Waals surface area contributed by atoms with E-state index in [1.807, 2.05) is 62.2 Å². The second-order valence-corrected chi connectivity index (χ2v) is 12.2. The number of Topliss-reactive ketones (excluding diaryl/α,β-unsaturated/α-hetero) is 1. The molecule has 1 fully saturated rings. The third kappa shape index (κ3) is 6.44. The van der Waals surface area contributed by atoms with Crippen LogP contribution in [0.5, 0.6) is 5.75 Å². The predicted molar refractivity (Wildman–Crippen MR) is 177 cm³/mol. The Labute approximate surface area is 267 Å². The topological polar surface area (TPSA) is 103 Å². The number of nitrogens with zero attached hydrogens (tertiary/aromatic N) is 3. The van der Waals surface area contributed by atoms with Crippen LogP contribution in [0.3, 0.4) is 0 Å². The molecule has 0 unspecified atom stereocenters. The fourth-order valence-corrected chi connectivity index (χ4v) is 6.38. The van der Waals surface area contributed by atoms with E-state index in [0.29, 0.717) is 53.7 Å². The van der Waals surface area contributed by atoms with Crippen molar-refractivity contribution in [2.24, 2.45) is 20.0 Å². The molecule has 10 heteroatoms. The second kappa shape index (κ2) is 13.3. The van der Waals surface area contributed by atoms with Gasteiger partial charge < -0.3 is 19.5 Å². The van der Waals surface area contributed by atoms with E-state index in [1.165, 1.54) is 38.0 Å². The molecule has 1 amide bonds. The first-order chi connectivity index (χ1) is 21.9. The molecule has 1 atom stereocenters. The Morgan fingerprint density at radius 1 is 1.02 bits per heavy atom. The van der Waals surface area contributed by atoms with E-state index < -0.39 is 17.2 Å². The predicted octanol–water partition coefficient (Wildman–Crippen LogP) is 5.24. The van der Waals surface area contributed by atoms with Crippen LogP contribution in [0.25, 0.3) is 22.3 Å². The maximum atomic E-state index is 15.7. The maximum absolute atomic E-state index is 15.7. The quantitative estimate of drug-likeness (QED) is 0.273. The summed E-state index contributed by atoms with van der Waals surface area (Å²) in [5, 5.41) is 2.83. The van der Waals surface area contributed by atoms with Crippen molar-refractivity contribution in [2.45, 2.75) is 39.7 Å². The lowest BCUT2D eigenvalue weighted by Gasteiger charge is -2.22. The van der Waals surface area contributed by atoms with Gasteiger partial charge in [-0.25, -0.2) is 9.18 Å². The highest BCUT2D eigenvalue weighted by Crippen LogP contribution is 2.38. The van der Waals surface area contributed by atoms with Crippen LogP contribution in [-0.2, 0) is 25.4 Å². The summed E-state index contributed by atoms with van der Waals surface area (Å²) >= 11 is 0. The molecule has 5 rings (SSSR count). The molecule has 4 aromatic rings. The number of nitrogens with one attached hydrogen (secondary N) is 1. The number of aryl methyl sites for hydroxylation is 1. The minimum absolute atomic E-state index is 0.146. The molecule has 9 nitrogen and oxygen atoms in total. The van der Waals surface area contributed by atoms with E-state index in [1.54, 1.807) is 6.07 Å². The summed E-state index contributed by atoms with van der Waals surface area (Å²) in [5.74, 6) is 0.0714. The first-order valence-corrected chi connectivity index (χ1v) is 15.2. The number of ether oxygens (including phenoxy) is 1. The van der Waals surface area contributed by atoms with E-state index in [-0.39, 0.29) is 11.4 Å². The zero-order valence-corrected chi connectivity index (χ0v) is 27.1. The molecule has 1 aliphatic carbocycles. The number of aromatic nitrogens is 2. The smallest absolute Gasteiger partial charge is 0.330 e. The van der Waals surface area contributed by atoms with Gasteiger partial charge in [0, 0.05) is 57.5 Å². The van der Waals surface area contributed by atoms with Gasteiger partial charge >= 0.3 is 5.69 Å². The number of halogens is 1. The van der Waals surface area contributed by atoms with Gasteiger partial charge in [0.05, 0.1) is 7.11 Å². The average molecular weight is 627 g/mol. The highest BCUT2D eigenvalue weighted by Gasteiger charge is 2.25. The number of rotatable bonds is 9. The van der Waals surface area contributed by atoms with Crippen molar-refractivity contribution in [2.75, 3.05) is 26.0 Å². The lowest BCUT2D eigenvalue weighted by molar-refractivity contribution is -0.117. The van der Waals surface area contributed by atoms with Crippen molar-refractivity contribution in [3.05, 3.63) is 104 Å². The molecule has 1 aromatic heterocycles. The molecule has 1 aliphatic rings. The molecule has 1 N–H and O–H groups in total. The highest BCUT2D eigenvalue weighted by molar-refractivity contribution is 6.04. The van der Waals surface area contributed by atoms with Crippen LogP contribution in [0.4, 0.5) is 10.1 Å². The van der Waals surface area contributed by atoms with E-state index in [0.717, 1.165) is 45.3 Å². The van der Waals surface area contributed by atoms with Crippen molar-refractivity contribution >= 4 is 17.4 Å². The summed E-state index contributed by atoms with van der Waals surface area (Å²) in [7, 11) is 6.28. The lowest BCUT2D eigenvalue weighted by atomic mass is 9.90. The van der Waals surface area contributed by atoms with Gasteiger partial charge in [-0.05, 0) is 84.8 Å². The molecule has 46 heavy (non-hydrogen) atoms. The molecule has 0 spiro atoms. The summed E-state index contributed by atoms with van der Waals surface area (Å²) in [6, 6.07) is 14.7. The van der Waals surface area contributed by atoms with Crippen LogP contribution in [0, 0.1) is 25.6 Å². The summed E-state index contributed by atoms with van der Waals surface area (Å²) in [6.07, 6.45) is 3.32. The van der Waals surface area contributed by atoms with E-state index >= 15 is 4.39 Å². The molecule has 0 aliphatic heterocycles. The minimum Gasteiger partial charge on any atom is -0.496 e. The van der Waals surface area contributed by atoms with Gasteiger partial charge in [0.15, 0.2) is 0 Å². The molecule has 1 heterocycles. The number of hydrogen-bond acceptors (Lipinski definition) is 6. The lowest BCUT2D eigenvalue weighted by Crippen LogP contribution is -2.40. The highest BCUT2D eigenvalue weighted by atomic mass is 19.1. The van der Waals surface area contributed by atoms with Crippen LogP contribution < -0.4 is 21.3 Å². The van der Waals surface area contributed by atoms with Crippen molar-refractivity contribution in [1.82, 2.24) is 14.0 Å². The molecule has 0 saturated heterocycles. The van der Waals surface area contributed by atoms with Gasteiger partial charge in [0.1, 0.15) is 22.9 Å². The number of carbonyl (C=O) groups excluding carboxylic acids is 2. The zero-order valence-electron chi connectivity index (χ0n) is 27.1. The third-order valence-corrected chi connectivity index (χ3v) is 8.93. The Morgan fingerprint density at radius 3 is 2.37 bits per heavy atom. The molecule has 3 aromatic carbocycles. The minimum atomic E-state index is -0.677. The molecule has 1 saturated carbocycles. The number of methoxy groups -OCH3 is 1. The summed E-state index contributed by atoms with van der Waals surface area (Å²) in [4.78, 5) is 51.6. The van der Waals surface area contributed by atoms with Crippen LogP contribution >= 0.6 is 0 Å². The standard InChI is InChI=1S/C36H39FN4O5/c1-21-26(24-16-31(37)29(33(17-24)46-6)19-39(3)18-23-13-14-25(42)15-23)9-7-10-27(21)28-11-8-12-32(22(28)2)38-34(43)30-20-40(4)36(45)41(5)35(30)44/h7-12,16-17,20,23H,13-15,18-19H2,1-6H3,(H,38,43)/t23-/m1/s1. The molecule has 0 radical (unpaired) electrons. The van der Waals surface area contributed by atoms with Crippen LogP contribution in [0.1, 0.15) is 46.3 Å². The second-order valence-electron chi connectivity index (χ2n) is 12.2. The first kappa shape index (κ1) is 32.6. The van der Waals surface area contributed by atoms with Gasteiger partial charge in [-0.2, -0.15) is 0 Å². The summed E-state index contributed by atoms with van der Waals surface area (Å²) in [6.45, 7) is 4.93. The first-order valence-electron chi connectivity index (χ1n) is 15.2.